The van der Waals surface area contributed by atoms with Crippen molar-refractivity contribution in [1.82, 2.24) is 5.32 Å². The number of anilines is 2. The number of nitrogens with one attached hydrogen (secondary N) is 1. The number of rotatable bonds is 1. The molecule has 1 saturated heterocycles. The largest absolute Gasteiger partial charge is 0.399 e. The Morgan fingerprint density at radius 1 is 1.33 bits per heavy atom. The van der Waals surface area contributed by atoms with Crippen LogP contribution in [-0.4, -0.2) is 24.4 Å². The van der Waals surface area contributed by atoms with Crippen molar-refractivity contribution < 1.29 is 18.4 Å². The number of carbonyl (C=O) groups excluding carboxylic acids is 2. The van der Waals surface area contributed by atoms with Crippen molar-refractivity contribution in [1.29, 1.82) is 0 Å². The van der Waals surface area contributed by atoms with E-state index >= 15 is 0 Å². The first-order valence-corrected chi connectivity index (χ1v) is 5.25. The molecule has 1 fully saturated rings. The maximum Gasteiger partial charge on any atom is 0.249 e. The molecule has 0 aliphatic carbocycles. The summed E-state index contributed by atoms with van der Waals surface area (Å²) in [4.78, 5) is 23.8. The van der Waals surface area contributed by atoms with Gasteiger partial charge in [-0.2, -0.15) is 0 Å². The average molecular weight is 255 g/mol. The van der Waals surface area contributed by atoms with E-state index in [2.05, 4.69) is 5.32 Å². The molecule has 0 saturated carbocycles. The first kappa shape index (κ1) is 12.3. The molecule has 1 heterocycles. The standard InChI is InChI=1S/C11H11F2N3O2/c1-5-11(18)15-9(17)4-16(5)10-7(12)2-6(14)3-8(10)13/h2-3,5H,4,14H2,1H3,(H,15,17,18). The summed E-state index contributed by atoms with van der Waals surface area (Å²) < 4.78 is 27.4. The second-order valence-corrected chi connectivity index (χ2v) is 4.05. The minimum absolute atomic E-state index is 0.0609. The summed E-state index contributed by atoms with van der Waals surface area (Å²) in [6.45, 7) is 1.17. The van der Waals surface area contributed by atoms with Crippen molar-refractivity contribution >= 4 is 23.2 Å². The molecule has 0 radical (unpaired) electrons. The normalized spacial score (nSPS) is 19.9. The van der Waals surface area contributed by atoms with Crippen molar-refractivity contribution in [2.75, 3.05) is 17.2 Å². The SMILES string of the molecule is CC1C(=O)NC(=O)CN1c1c(F)cc(N)cc1F. The van der Waals surface area contributed by atoms with Crippen LogP contribution in [0.5, 0.6) is 0 Å². The van der Waals surface area contributed by atoms with Crippen molar-refractivity contribution in [2.45, 2.75) is 13.0 Å². The Morgan fingerprint density at radius 3 is 2.44 bits per heavy atom. The molecule has 0 spiro atoms. The van der Waals surface area contributed by atoms with Gasteiger partial charge in [0, 0.05) is 5.69 Å². The van der Waals surface area contributed by atoms with Gasteiger partial charge in [-0.3, -0.25) is 14.9 Å². The summed E-state index contributed by atoms with van der Waals surface area (Å²) in [6.07, 6.45) is 0. The zero-order chi connectivity index (χ0) is 13.4. The molecule has 1 atom stereocenters. The van der Waals surface area contributed by atoms with Gasteiger partial charge in [0.15, 0.2) is 11.6 Å². The number of benzene rings is 1. The first-order chi connectivity index (χ1) is 8.40. The Labute approximate surface area is 102 Å². The van der Waals surface area contributed by atoms with Crippen LogP contribution in [0.15, 0.2) is 12.1 Å². The second-order valence-electron chi connectivity index (χ2n) is 4.05. The minimum atomic E-state index is -0.901. The van der Waals surface area contributed by atoms with Gasteiger partial charge in [0.05, 0.1) is 6.54 Å². The lowest BCUT2D eigenvalue weighted by molar-refractivity contribution is -0.132. The van der Waals surface area contributed by atoms with Gasteiger partial charge in [0.1, 0.15) is 11.7 Å². The number of piperazine rings is 1. The van der Waals surface area contributed by atoms with E-state index in [1.807, 2.05) is 0 Å². The number of nitrogens with zero attached hydrogens (tertiary/aromatic N) is 1. The number of halogens is 2. The zero-order valence-electron chi connectivity index (χ0n) is 9.54. The van der Waals surface area contributed by atoms with E-state index in [-0.39, 0.29) is 12.2 Å². The molecule has 7 heteroatoms. The van der Waals surface area contributed by atoms with E-state index in [1.165, 1.54) is 6.92 Å². The molecular weight excluding hydrogens is 244 g/mol. The van der Waals surface area contributed by atoms with Crippen LogP contribution >= 0.6 is 0 Å². The van der Waals surface area contributed by atoms with Gasteiger partial charge in [0.25, 0.3) is 0 Å². The van der Waals surface area contributed by atoms with Crippen molar-refractivity contribution in [2.24, 2.45) is 0 Å². The van der Waals surface area contributed by atoms with Gasteiger partial charge in [-0.15, -0.1) is 0 Å². The predicted octanol–water partition coefficient (Wildman–Crippen LogP) is 0.398. The minimum Gasteiger partial charge on any atom is -0.399 e. The van der Waals surface area contributed by atoms with Crippen LogP contribution in [0, 0.1) is 11.6 Å². The molecule has 0 aromatic heterocycles. The fourth-order valence-electron chi connectivity index (χ4n) is 1.85. The highest BCUT2D eigenvalue weighted by Gasteiger charge is 2.33. The van der Waals surface area contributed by atoms with Crippen molar-refractivity contribution in [3.63, 3.8) is 0 Å². The Hall–Kier alpha value is -2.18. The molecule has 96 valence electrons. The Morgan fingerprint density at radius 2 is 1.89 bits per heavy atom. The topological polar surface area (TPSA) is 75.4 Å². The molecular formula is C11H11F2N3O2. The number of carbonyl (C=O) groups is 2. The van der Waals surface area contributed by atoms with Crippen molar-refractivity contribution in [3.8, 4) is 0 Å². The Bertz CT molecular complexity index is 510. The summed E-state index contributed by atoms with van der Waals surface area (Å²) in [5.74, 6) is -3.00. The van der Waals surface area contributed by atoms with E-state index < -0.39 is 35.2 Å². The predicted molar refractivity (Wildman–Crippen MR) is 60.7 cm³/mol. The number of amides is 2. The van der Waals surface area contributed by atoms with Crippen molar-refractivity contribution in [3.05, 3.63) is 23.8 Å². The average Bonchev–Trinajstić information content (AvgIpc) is 2.23. The monoisotopic (exact) mass is 255 g/mol. The fourth-order valence-corrected chi connectivity index (χ4v) is 1.85. The van der Waals surface area contributed by atoms with Crippen LogP contribution in [0.1, 0.15) is 6.92 Å². The molecule has 5 nitrogen and oxygen atoms in total. The molecule has 1 unspecified atom stereocenters. The highest BCUT2D eigenvalue weighted by molar-refractivity contribution is 6.04. The van der Waals surface area contributed by atoms with E-state index in [9.17, 15) is 18.4 Å². The van der Waals surface area contributed by atoms with E-state index in [0.29, 0.717) is 0 Å². The highest BCUT2D eigenvalue weighted by Crippen LogP contribution is 2.28. The molecule has 3 N–H and O–H groups in total. The van der Waals surface area contributed by atoms with E-state index in [0.717, 1.165) is 17.0 Å². The molecule has 1 aliphatic rings. The first-order valence-electron chi connectivity index (χ1n) is 5.25. The van der Waals surface area contributed by atoms with Crippen LogP contribution in [-0.2, 0) is 9.59 Å². The highest BCUT2D eigenvalue weighted by atomic mass is 19.1. The molecule has 1 aromatic rings. The van der Waals surface area contributed by atoms with Gasteiger partial charge >= 0.3 is 0 Å². The second kappa shape index (κ2) is 4.25. The van der Waals surface area contributed by atoms with Gasteiger partial charge in [-0.25, -0.2) is 8.78 Å². The van der Waals surface area contributed by atoms with Crippen LogP contribution in [0.4, 0.5) is 20.2 Å². The molecule has 1 aliphatic heterocycles. The maximum atomic E-state index is 13.7. The number of imide groups is 1. The Balaban J connectivity index is 2.47. The Kier molecular flexibility index (Phi) is 2.90. The summed E-state index contributed by atoms with van der Waals surface area (Å²) >= 11 is 0. The molecule has 18 heavy (non-hydrogen) atoms. The maximum absolute atomic E-state index is 13.7. The molecule has 2 amide bonds. The van der Waals surface area contributed by atoms with E-state index in [1.54, 1.807) is 0 Å². The van der Waals surface area contributed by atoms with Gasteiger partial charge in [0.2, 0.25) is 11.8 Å². The summed E-state index contributed by atoms with van der Waals surface area (Å²) in [6, 6.07) is 1.06. The number of hydrogen-bond acceptors (Lipinski definition) is 4. The summed E-state index contributed by atoms with van der Waals surface area (Å²) in [5.41, 5.74) is 4.82. The van der Waals surface area contributed by atoms with Gasteiger partial charge < -0.3 is 10.6 Å². The third-order valence-electron chi connectivity index (χ3n) is 2.75. The molecule has 1 aromatic carbocycles. The lowest BCUT2D eigenvalue weighted by Crippen LogP contribution is -2.57. The van der Waals surface area contributed by atoms with E-state index in [4.69, 9.17) is 5.73 Å². The summed E-state index contributed by atoms with van der Waals surface area (Å²) in [5, 5.41) is 2.09. The van der Waals surface area contributed by atoms with Gasteiger partial charge in [-0.05, 0) is 19.1 Å². The van der Waals surface area contributed by atoms with Crippen LogP contribution in [0.3, 0.4) is 0 Å². The van der Waals surface area contributed by atoms with Crippen LogP contribution < -0.4 is 16.0 Å². The lowest BCUT2D eigenvalue weighted by Gasteiger charge is -2.33. The molecule has 0 bridgehead atoms. The number of nitrogen functional groups attached to an aromatic ring is 1. The number of nitrogens with two attached hydrogens (primary N) is 1. The molecule has 2 rings (SSSR count). The van der Waals surface area contributed by atoms with Crippen LogP contribution in [0.2, 0.25) is 0 Å². The van der Waals surface area contributed by atoms with Gasteiger partial charge in [-0.1, -0.05) is 0 Å². The lowest BCUT2D eigenvalue weighted by atomic mass is 10.1. The number of hydrogen-bond donors (Lipinski definition) is 2. The summed E-state index contributed by atoms with van der Waals surface area (Å²) in [7, 11) is 0. The fraction of sp³-hybridized carbons (Fsp3) is 0.273. The van der Waals surface area contributed by atoms with Crippen LogP contribution in [0.25, 0.3) is 0 Å². The zero-order valence-corrected chi connectivity index (χ0v) is 9.54. The quantitative estimate of drug-likeness (QED) is 0.562. The third-order valence-corrected chi connectivity index (χ3v) is 2.75. The third kappa shape index (κ3) is 1.99. The smallest absolute Gasteiger partial charge is 0.249 e.